The molecule has 2 unspecified atom stereocenters. The zero-order valence-electron chi connectivity index (χ0n) is 10.4. The van der Waals surface area contributed by atoms with Crippen LogP contribution < -0.4 is 10.6 Å². The van der Waals surface area contributed by atoms with Crippen molar-refractivity contribution in [2.45, 2.75) is 37.9 Å². The van der Waals surface area contributed by atoms with Crippen LogP contribution in [0.4, 0.5) is 0 Å². The molecule has 98 valence electrons. The third-order valence-corrected chi connectivity index (χ3v) is 3.67. The Morgan fingerprint density at radius 1 is 1.53 bits per heavy atom. The number of rotatable bonds is 6. The smallest absolute Gasteiger partial charge is 0.234 e. The summed E-state index contributed by atoms with van der Waals surface area (Å²) in [5, 5.41) is 16.1. The van der Waals surface area contributed by atoms with Gasteiger partial charge in [0.1, 0.15) is 5.60 Å². The summed E-state index contributed by atoms with van der Waals surface area (Å²) >= 11 is 0. The Morgan fingerprint density at radius 3 is 2.88 bits per heavy atom. The van der Waals surface area contributed by atoms with Gasteiger partial charge in [-0.25, -0.2) is 0 Å². The fourth-order valence-corrected chi connectivity index (χ4v) is 2.03. The number of amides is 1. The summed E-state index contributed by atoms with van der Waals surface area (Å²) in [6.45, 7) is 3.94. The van der Waals surface area contributed by atoms with Crippen LogP contribution in [0.15, 0.2) is 0 Å². The Bertz CT molecular complexity index is 281. The molecule has 2 atom stereocenters. The van der Waals surface area contributed by atoms with Crippen LogP contribution in [0, 0.1) is 5.92 Å². The lowest BCUT2D eigenvalue weighted by Gasteiger charge is -2.26. The average Bonchev–Trinajstić information content (AvgIpc) is 3.05. The minimum Gasteiger partial charge on any atom is -0.385 e. The molecule has 17 heavy (non-hydrogen) atoms. The highest BCUT2D eigenvalue weighted by atomic mass is 16.5. The van der Waals surface area contributed by atoms with Crippen LogP contribution in [0.5, 0.6) is 0 Å². The Balaban J connectivity index is 1.61. The van der Waals surface area contributed by atoms with E-state index in [-0.39, 0.29) is 18.6 Å². The maximum Gasteiger partial charge on any atom is 0.234 e. The van der Waals surface area contributed by atoms with Gasteiger partial charge >= 0.3 is 0 Å². The van der Waals surface area contributed by atoms with Crippen molar-refractivity contribution in [2.75, 3.05) is 26.2 Å². The first-order valence-corrected chi connectivity index (χ1v) is 6.41. The quantitative estimate of drug-likeness (QED) is 0.595. The molecule has 5 nitrogen and oxygen atoms in total. The number of hydrogen-bond donors (Lipinski definition) is 3. The molecule has 2 rings (SSSR count). The molecule has 1 heterocycles. The molecule has 0 bridgehead atoms. The molecule has 5 heteroatoms. The number of aliphatic hydroxyl groups is 1. The highest BCUT2D eigenvalue weighted by Crippen LogP contribution is 2.27. The first-order valence-electron chi connectivity index (χ1n) is 6.41. The number of carbonyl (C=O) groups is 1. The largest absolute Gasteiger partial charge is 0.385 e. The fraction of sp³-hybridized carbons (Fsp3) is 0.917. The van der Waals surface area contributed by atoms with Crippen LogP contribution in [-0.2, 0) is 9.53 Å². The lowest BCUT2D eigenvalue weighted by Crippen LogP contribution is -2.49. The number of carbonyl (C=O) groups excluding carboxylic acids is 1. The van der Waals surface area contributed by atoms with Gasteiger partial charge in [-0.05, 0) is 32.2 Å². The summed E-state index contributed by atoms with van der Waals surface area (Å²) < 4.78 is 5.30. The van der Waals surface area contributed by atoms with Gasteiger partial charge in [0.2, 0.25) is 5.91 Å². The van der Waals surface area contributed by atoms with Crippen molar-refractivity contribution in [3.05, 3.63) is 0 Å². The molecule has 0 radical (unpaired) electrons. The zero-order valence-corrected chi connectivity index (χ0v) is 10.4. The lowest BCUT2D eigenvalue weighted by molar-refractivity contribution is -0.122. The number of hydrogen-bond acceptors (Lipinski definition) is 4. The minimum absolute atomic E-state index is 0.0572. The van der Waals surface area contributed by atoms with E-state index in [9.17, 15) is 9.90 Å². The summed E-state index contributed by atoms with van der Waals surface area (Å²) in [6, 6.07) is 0. The lowest BCUT2D eigenvalue weighted by atomic mass is 9.97. The molecule has 1 saturated carbocycles. The molecule has 1 amide bonds. The van der Waals surface area contributed by atoms with Crippen molar-refractivity contribution in [1.29, 1.82) is 0 Å². The molecular formula is C12H22N2O3. The summed E-state index contributed by atoms with van der Waals surface area (Å²) in [7, 11) is 0. The maximum absolute atomic E-state index is 11.5. The molecule has 0 spiro atoms. The first kappa shape index (κ1) is 12.8. The maximum atomic E-state index is 11.5. The van der Waals surface area contributed by atoms with Crippen LogP contribution in [0.25, 0.3) is 0 Å². The van der Waals surface area contributed by atoms with E-state index in [2.05, 4.69) is 10.6 Å². The Hall–Kier alpha value is -0.650. The highest BCUT2D eigenvalue weighted by molar-refractivity contribution is 5.78. The summed E-state index contributed by atoms with van der Waals surface area (Å²) in [5.41, 5.74) is -0.897. The van der Waals surface area contributed by atoms with Gasteiger partial charge in [-0.3, -0.25) is 4.79 Å². The molecule has 2 fully saturated rings. The van der Waals surface area contributed by atoms with Crippen molar-refractivity contribution < 1.29 is 14.6 Å². The van der Waals surface area contributed by atoms with Crippen LogP contribution in [0.2, 0.25) is 0 Å². The second kappa shape index (κ2) is 5.33. The van der Waals surface area contributed by atoms with Crippen LogP contribution in [0.3, 0.4) is 0 Å². The van der Waals surface area contributed by atoms with Crippen molar-refractivity contribution in [1.82, 2.24) is 10.6 Å². The van der Waals surface area contributed by atoms with Crippen molar-refractivity contribution in [2.24, 2.45) is 5.92 Å². The Morgan fingerprint density at radius 2 is 2.29 bits per heavy atom. The Labute approximate surface area is 102 Å². The van der Waals surface area contributed by atoms with E-state index in [1.807, 2.05) is 6.92 Å². The van der Waals surface area contributed by atoms with Gasteiger partial charge in [0.15, 0.2) is 0 Å². The van der Waals surface area contributed by atoms with Crippen LogP contribution in [0.1, 0.15) is 26.2 Å². The van der Waals surface area contributed by atoms with Crippen molar-refractivity contribution >= 4 is 5.91 Å². The monoisotopic (exact) mass is 242 g/mol. The van der Waals surface area contributed by atoms with Crippen molar-refractivity contribution in [3.63, 3.8) is 0 Å². The predicted molar refractivity (Wildman–Crippen MR) is 63.6 cm³/mol. The van der Waals surface area contributed by atoms with E-state index in [1.165, 1.54) is 12.8 Å². The van der Waals surface area contributed by atoms with Crippen molar-refractivity contribution in [3.8, 4) is 0 Å². The van der Waals surface area contributed by atoms with E-state index in [0.717, 1.165) is 12.5 Å². The van der Waals surface area contributed by atoms with Gasteiger partial charge in [0.25, 0.3) is 0 Å². The van der Waals surface area contributed by atoms with E-state index in [1.54, 1.807) is 0 Å². The van der Waals surface area contributed by atoms with Gasteiger partial charge in [-0.1, -0.05) is 0 Å². The third kappa shape index (κ3) is 3.66. The molecule has 0 aromatic rings. The second-order valence-corrected chi connectivity index (χ2v) is 5.22. The molecule has 3 N–H and O–H groups in total. The number of nitrogens with one attached hydrogen (secondary N) is 2. The van der Waals surface area contributed by atoms with Gasteiger partial charge < -0.3 is 20.5 Å². The Kier molecular flexibility index (Phi) is 4.01. The normalized spacial score (nSPS) is 32.7. The molecule has 0 aromatic heterocycles. The van der Waals surface area contributed by atoms with Crippen LogP contribution in [-0.4, -0.2) is 49.0 Å². The zero-order chi connectivity index (χ0) is 12.3. The van der Waals surface area contributed by atoms with Gasteiger partial charge in [-0.2, -0.15) is 0 Å². The standard InChI is InChI=1S/C12H22N2O3/c1-9-12(16,4-5-17-9)8-14-11(15)7-13-6-10-2-3-10/h9-10,13,16H,2-8H2,1H3,(H,14,15). The molecule has 1 aliphatic carbocycles. The minimum atomic E-state index is -0.897. The highest BCUT2D eigenvalue weighted by Gasteiger charge is 2.39. The van der Waals surface area contributed by atoms with E-state index >= 15 is 0 Å². The first-order chi connectivity index (χ1) is 8.10. The molecule has 1 aliphatic heterocycles. The topological polar surface area (TPSA) is 70.6 Å². The summed E-state index contributed by atoms with van der Waals surface area (Å²) in [4.78, 5) is 11.5. The van der Waals surface area contributed by atoms with E-state index in [4.69, 9.17) is 4.74 Å². The summed E-state index contributed by atoms with van der Waals surface area (Å²) in [6.07, 6.45) is 2.94. The average molecular weight is 242 g/mol. The molecule has 1 saturated heterocycles. The van der Waals surface area contributed by atoms with Gasteiger partial charge in [0, 0.05) is 19.6 Å². The van der Waals surface area contributed by atoms with Gasteiger partial charge in [-0.15, -0.1) is 0 Å². The third-order valence-electron chi connectivity index (χ3n) is 3.67. The molecule has 2 aliphatic rings. The van der Waals surface area contributed by atoms with E-state index in [0.29, 0.717) is 19.6 Å². The SMILES string of the molecule is CC1OCCC1(O)CNC(=O)CNCC1CC1. The van der Waals surface area contributed by atoms with Crippen LogP contribution >= 0.6 is 0 Å². The predicted octanol–water partition coefficient (Wildman–Crippen LogP) is -0.358. The van der Waals surface area contributed by atoms with Gasteiger partial charge in [0.05, 0.1) is 12.6 Å². The second-order valence-electron chi connectivity index (χ2n) is 5.22. The molecule has 0 aromatic carbocycles. The van der Waals surface area contributed by atoms with E-state index < -0.39 is 5.60 Å². The summed E-state index contributed by atoms with van der Waals surface area (Å²) in [5.74, 6) is 0.716. The fourth-order valence-electron chi connectivity index (χ4n) is 2.03. The number of ether oxygens (including phenoxy) is 1. The molecular weight excluding hydrogens is 220 g/mol.